The van der Waals surface area contributed by atoms with Crippen LogP contribution in [0.2, 0.25) is 0 Å². The molecule has 0 radical (unpaired) electrons. The molecule has 1 aliphatic rings. The summed E-state index contributed by atoms with van der Waals surface area (Å²) in [4.78, 5) is 0.888. The molecule has 1 saturated carbocycles. The lowest BCUT2D eigenvalue weighted by Crippen LogP contribution is -2.39. The molecule has 3 rings (SSSR count). The molecule has 5 nitrogen and oxygen atoms in total. The number of hydrogen-bond donors (Lipinski definition) is 1. The van der Waals surface area contributed by atoms with Crippen LogP contribution in [-0.2, 0) is 6.42 Å². The van der Waals surface area contributed by atoms with E-state index >= 15 is 0 Å². The molecule has 2 aromatic heterocycles. The van der Waals surface area contributed by atoms with Crippen LogP contribution < -0.4 is 5.73 Å². The van der Waals surface area contributed by atoms with Crippen LogP contribution >= 0.6 is 11.3 Å². The molecular weight excluding hydrogens is 222 g/mol. The topological polar surface area (TPSA) is 69.1 Å². The maximum Gasteiger partial charge on any atom is 0.234 e. The van der Waals surface area contributed by atoms with Gasteiger partial charge in [-0.15, -0.1) is 10.2 Å². The molecule has 0 spiro atoms. The fourth-order valence-electron chi connectivity index (χ4n) is 2.28. The van der Waals surface area contributed by atoms with Gasteiger partial charge in [-0.3, -0.25) is 0 Å². The lowest BCUT2D eigenvalue weighted by molar-refractivity contribution is 0.144. The van der Waals surface area contributed by atoms with Gasteiger partial charge in [0.05, 0.1) is 0 Å². The summed E-state index contributed by atoms with van der Waals surface area (Å²) >= 11 is 1.63. The van der Waals surface area contributed by atoms with Gasteiger partial charge in [0.1, 0.15) is 5.01 Å². The van der Waals surface area contributed by atoms with Crippen LogP contribution in [0.25, 0.3) is 4.96 Å². The van der Waals surface area contributed by atoms with E-state index in [9.17, 15) is 0 Å². The van der Waals surface area contributed by atoms with Crippen molar-refractivity contribution in [1.29, 1.82) is 0 Å². The summed E-state index contributed by atoms with van der Waals surface area (Å²) in [7, 11) is 0. The van der Waals surface area contributed by atoms with Crippen LogP contribution in [-0.4, -0.2) is 26.4 Å². The van der Waals surface area contributed by atoms with Crippen molar-refractivity contribution in [3.05, 3.63) is 10.8 Å². The fraction of sp³-hybridized carbons (Fsp3) is 0.700. The lowest BCUT2D eigenvalue weighted by Gasteiger charge is -2.40. The van der Waals surface area contributed by atoms with Gasteiger partial charge in [0.2, 0.25) is 4.96 Å². The van der Waals surface area contributed by atoms with E-state index in [2.05, 4.69) is 15.3 Å². The predicted octanol–water partition coefficient (Wildman–Crippen LogP) is 1.17. The van der Waals surface area contributed by atoms with Gasteiger partial charge in [0.15, 0.2) is 5.82 Å². The Balaban J connectivity index is 1.89. The zero-order valence-corrected chi connectivity index (χ0v) is 10.1. The van der Waals surface area contributed by atoms with Crippen molar-refractivity contribution in [2.45, 2.75) is 32.6 Å². The molecule has 0 aromatic carbocycles. The molecule has 16 heavy (non-hydrogen) atoms. The summed E-state index contributed by atoms with van der Waals surface area (Å²) in [5.41, 5.74) is 6.17. The first-order chi connectivity index (χ1) is 7.72. The second-order valence-electron chi connectivity index (χ2n) is 4.67. The maximum atomic E-state index is 5.86. The molecular formula is C10H15N5S. The standard InChI is InChI=1S/C10H15N5S/c1-7-12-13-9-15(7)14-8(16-9)5-10(6-11)3-2-4-10/h2-6,11H2,1H3. The minimum Gasteiger partial charge on any atom is -0.330 e. The molecule has 2 aromatic rings. The van der Waals surface area contributed by atoms with Crippen LogP contribution in [0, 0.1) is 12.3 Å². The highest BCUT2D eigenvalue weighted by atomic mass is 32.1. The third-order valence-electron chi connectivity index (χ3n) is 3.56. The predicted molar refractivity (Wildman–Crippen MR) is 62.4 cm³/mol. The molecule has 0 saturated heterocycles. The van der Waals surface area contributed by atoms with Crippen molar-refractivity contribution in [2.24, 2.45) is 11.1 Å². The average molecular weight is 237 g/mol. The van der Waals surface area contributed by atoms with Crippen LogP contribution in [0.15, 0.2) is 0 Å². The van der Waals surface area contributed by atoms with Crippen molar-refractivity contribution >= 4 is 16.3 Å². The zero-order valence-electron chi connectivity index (χ0n) is 9.31. The highest BCUT2D eigenvalue weighted by Crippen LogP contribution is 2.43. The van der Waals surface area contributed by atoms with E-state index < -0.39 is 0 Å². The van der Waals surface area contributed by atoms with Gasteiger partial charge in [-0.1, -0.05) is 17.8 Å². The molecule has 2 N–H and O–H groups in total. The molecule has 6 heteroatoms. The molecule has 1 aliphatic carbocycles. The first-order valence-electron chi connectivity index (χ1n) is 5.60. The first kappa shape index (κ1) is 10.2. The maximum absolute atomic E-state index is 5.86. The number of rotatable bonds is 3. The number of aromatic nitrogens is 4. The van der Waals surface area contributed by atoms with E-state index in [1.807, 2.05) is 11.4 Å². The first-order valence-corrected chi connectivity index (χ1v) is 6.42. The second kappa shape index (κ2) is 3.49. The zero-order chi connectivity index (χ0) is 11.2. The van der Waals surface area contributed by atoms with Gasteiger partial charge < -0.3 is 5.73 Å². The minimum absolute atomic E-state index is 0.317. The third-order valence-corrected chi connectivity index (χ3v) is 4.46. The molecule has 0 unspecified atom stereocenters. The summed E-state index contributed by atoms with van der Waals surface area (Å²) in [5, 5.41) is 13.7. The lowest BCUT2D eigenvalue weighted by atomic mass is 9.67. The molecule has 0 atom stereocenters. The van der Waals surface area contributed by atoms with E-state index in [-0.39, 0.29) is 0 Å². The molecule has 0 amide bonds. The van der Waals surface area contributed by atoms with Crippen molar-refractivity contribution < 1.29 is 0 Å². The molecule has 86 valence electrons. The molecule has 1 fully saturated rings. The number of nitrogens with two attached hydrogens (primary N) is 1. The summed E-state index contributed by atoms with van der Waals surface area (Å²) in [5.74, 6) is 0.855. The minimum atomic E-state index is 0.317. The van der Waals surface area contributed by atoms with Crippen molar-refractivity contribution in [3.8, 4) is 0 Å². The van der Waals surface area contributed by atoms with Crippen molar-refractivity contribution in [1.82, 2.24) is 19.8 Å². The van der Waals surface area contributed by atoms with E-state index in [1.54, 1.807) is 11.3 Å². The molecule has 0 aliphatic heterocycles. The SMILES string of the molecule is Cc1nnc2sc(CC3(CN)CCC3)nn12. The highest BCUT2D eigenvalue weighted by Gasteiger charge is 2.36. The van der Waals surface area contributed by atoms with Gasteiger partial charge in [-0.2, -0.15) is 9.61 Å². The Morgan fingerprint density at radius 2 is 2.25 bits per heavy atom. The fourth-order valence-corrected chi connectivity index (χ4v) is 3.33. The van der Waals surface area contributed by atoms with E-state index in [0.717, 1.165) is 28.8 Å². The van der Waals surface area contributed by atoms with Gasteiger partial charge in [-0.25, -0.2) is 0 Å². The Hall–Kier alpha value is -1.01. The van der Waals surface area contributed by atoms with Crippen molar-refractivity contribution in [3.63, 3.8) is 0 Å². The Kier molecular flexibility index (Phi) is 2.22. The molecule has 0 bridgehead atoms. The summed E-state index contributed by atoms with van der Waals surface area (Å²) in [6.07, 6.45) is 4.78. The Labute approximate surface area is 97.7 Å². The summed E-state index contributed by atoms with van der Waals surface area (Å²) in [6, 6.07) is 0. The Morgan fingerprint density at radius 3 is 2.81 bits per heavy atom. The van der Waals surface area contributed by atoms with Crippen LogP contribution in [0.5, 0.6) is 0 Å². The Morgan fingerprint density at radius 1 is 1.44 bits per heavy atom. The number of aryl methyl sites for hydroxylation is 1. The van der Waals surface area contributed by atoms with Gasteiger partial charge >= 0.3 is 0 Å². The second-order valence-corrected chi connectivity index (χ2v) is 5.71. The monoisotopic (exact) mass is 237 g/mol. The highest BCUT2D eigenvalue weighted by molar-refractivity contribution is 7.16. The van der Waals surface area contributed by atoms with Crippen LogP contribution in [0.1, 0.15) is 30.1 Å². The van der Waals surface area contributed by atoms with E-state index in [4.69, 9.17) is 5.73 Å². The smallest absolute Gasteiger partial charge is 0.234 e. The summed E-state index contributed by atoms with van der Waals surface area (Å²) in [6.45, 7) is 2.69. The van der Waals surface area contributed by atoms with Crippen molar-refractivity contribution in [2.75, 3.05) is 6.54 Å². The van der Waals surface area contributed by atoms with Crippen LogP contribution in [0.4, 0.5) is 0 Å². The van der Waals surface area contributed by atoms with Gasteiger partial charge in [-0.05, 0) is 31.7 Å². The largest absolute Gasteiger partial charge is 0.330 e. The van der Waals surface area contributed by atoms with Gasteiger partial charge in [0, 0.05) is 6.42 Å². The molecule has 2 heterocycles. The number of hydrogen-bond acceptors (Lipinski definition) is 5. The summed E-state index contributed by atoms with van der Waals surface area (Å²) < 4.78 is 1.82. The van der Waals surface area contributed by atoms with Gasteiger partial charge in [0.25, 0.3) is 0 Å². The van der Waals surface area contributed by atoms with E-state index in [0.29, 0.717) is 5.41 Å². The van der Waals surface area contributed by atoms with E-state index in [1.165, 1.54) is 19.3 Å². The average Bonchev–Trinajstić information content (AvgIpc) is 2.75. The normalized spacial score (nSPS) is 18.9. The quantitative estimate of drug-likeness (QED) is 0.870. The number of nitrogens with zero attached hydrogens (tertiary/aromatic N) is 4. The Bertz CT molecular complexity index is 505. The number of fused-ring (bicyclic) bond motifs is 1. The third kappa shape index (κ3) is 1.44. The van der Waals surface area contributed by atoms with Crippen LogP contribution in [0.3, 0.4) is 0 Å².